The van der Waals surface area contributed by atoms with E-state index in [0.29, 0.717) is 0 Å². The van der Waals surface area contributed by atoms with Gasteiger partial charge in [0.25, 0.3) is 0 Å². The Labute approximate surface area is 83.5 Å². The fourth-order valence-corrected chi connectivity index (χ4v) is 1.41. The summed E-state index contributed by atoms with van der Waals surface area (Å²) in [6.07, 6.45) is 1.57. The number of methoxy groups -OCH3 is 1. The van der Waals surface area contributed by atoms with Gasteiger partial charge in [-0.1, -0.05) is 0 Å². The van der Waals surface area contributed by atoms with Crippen molar-refractivity contribution < 1.29 is 13.9 Å². The lowest BCUT2D eigenvalue weighted by molar-refractivity contribution is -0.146. The van der Waals surface area contributed by atoms with Crippen LogP contribution in [-0.4, -0.2) is 32.1 Å². The molecule has 4 nitrogen and oxygen atoms in total. The number of hydrogen-bond acceptors (Lipinski definition) is 4. The predicted molar refractivity (Wildman–Crippen MR) is 51.9 cm³/mol. The molecule has 4 heteroatoms. The van der Waals surface area contributed by atoms with Crippen LogP contribution in [0.1, 0.15) is 17.4 Å². The predicted octanol–water partition coefficient (Wildman–Crippen LogP) is 1.36. The highest BCUT2D eigenvalue weighted by Crippen LogP contribution is 2.23. The van der Waals surface area contributed by atoms with Gasteiger partial charge in [0.1, 0.15) is 11.8 Å². The van der Waals surface area contributed by atoms with E-state index in [-0.39, 0.29) is 5.97 Å². The fourth-order valence-electron chi connectivity index (χ4n) is 1.41. The van der Waals surface area contributed by atoms with E-state index < -0.39 is 6.04 Å². The molecule has 1 aromatic rings. The van der Waals surface area contributed by atoms with Crippen molar-refractivity contribution in [3.63, 3.8) is 0 Å². The number of aryl methyl sites for hydroxylation is 1. The molecule has 0 saturated carbocycles. The minimum Gasteiger partial charge on any atom is -0.469 e. The van der Waals surface area contributed by atoms with Crippen LogP contribution in [0, 0.1) is 6.92 Å². The highest BCUT2D eigenvalue weighted by Gasteiger charge is 2.26. The molecule has 1 atom stereocenters. The molecular weight excluding hydrogens is 182 g/mol. The Morgan fingerprint density at radius 2 is 2.21 bits per heavy atom. The van der Waals surface area contributed by atoms with E-state index in [1.165, 1.54) is 7.11 Å². The third-order valence-electron chi connectivity index (χ3n) is 2.13. The van der Waals surface area contributed by atoms with Gasteiger partial charge in [0, 0.05) is 5.56 Å². The summed E-state index contributed by atoms with van der Waals surface area (Å²) in [7, 11) is 5.04. The number of furan rings is 1. The second kappa shape index (κ2) is 4.28. The highest BCUT2D eigenvalue weighted by molar-refractivity contribution is 5.77. The number of esters is 1. The highest BCUT2D eigenvalue weighted by atomic mass is 16.5. The quantitative estimate of drug-likeness (QED) is 0.686. The molecule has 0 aliphatic rings. The van der Waals surface area contributed by atoms with E-state index in [1.54, 1.807) is 17.2 Å². The van der Waals surface area contributed by atoms with Crippen molar-refractivity contribution in [2.45, 2.75) is 13.0 Å². The summed E-state index contributed by atoms with van der Waals surface area (Å²) in [6, 6.07) is 1.40. The number of rotatable bonds is 3. The molecule has 0 bridgehead atoms. The molecule has 0 spiro atoms. The van der Waals surface area contributed by atoms with E-state index in [4.69, 9.17) is 9.15 Å². The summed E-state index contributed by atoms with van der Waals surface area (Å²) in [5, 5.41) is 0. The van der Waals surface area contributed by atoms with E-state index in [0.717, 1.165) is 11.3 Å². The van der Waals surface area contributed by atoms with E-state index in [9.17, 15) is 4.79 Å². The molecule has 0 fully saturated rings. The molecule has 0 aliphatic heterocycles. The van der Waals surface area contributed by atoms with Crippen molar-refractivity contribution in [2.75, 3.05) is 21.2 Å². The van der Waals surface area contributed by atoms with Crippen molar-refractivity contribution in [2.24, 2.45) is 0 Å². The Hall–Kier alpha value is -1.29. The van der Waals surface area contributed by atoms with Gasteiger partial charge in [-0.25, -0.2) is 4.79 Å². The smallest absolute Gasteiger partial charge is 0.327 e. The molecule has 1 heterocycles. The first-order valence-electron chi connectivity index (χ1n) is 4.36. The molecule has 0 aliphatic carbocycles. The third-order valence-corrected chi connectivity index (χ3v) is 2.13. The third kappa shape index (κ3) is 1.96. The molecule has 78 valence electrons. The van der Waals surface area contributed by atoms with Gasteiger partial charge in [0.15, 0.2) is 0 Å². The van der Waals surface area contributed by atoms with Crippen LogP contribution in [0.5, 0.6) is 0 Å². The normalized spacial score (nSPS) is 12.9. The largest absolute Gasteiger partial charge is 0.469 e. The first-order valence-corrected chi connectivity index (χ1v) is 4.36. The van der Waals surface area contributed by atoms with Crippen LogP contribution in [0.25, 0.3) is 0 Å². The maximum absolute atomic E-state index is 11.5. The number of carbonyl (C=O) groups excluding carboxylic acids is 1. The van der Waals surface area contributed by atoms with Gasteiger partial charge in [-0.05, 0) is 27.1 Å². The number of nitrogens with zero attached hydrogens (tertiary/aromatic N) is 1. The second-order valence-corrected chi connectivity index (χ2v) is 3.32. The first kappa shape index (κ1) is 10.8. The van der Waals surface area contributed by atoms with E-state index >= 15 is 0 Å². The van der Waals surface area contributed by atoms with Gasteiger partial charge in [-0.3, -0.25) is 4.90 Å². The van der Waals surface area contributed by atoms with Gasteiger partial charge in [0.2, 0.25) is 0 Å². The maximum Gasteiger partial charge on any atom is 0.327 e. The van der Waals surface area contributed by atoms with Gasteiger partial charge in [-0.2, -0.15) is 0 Å². The average molecular weight is 197 g/mol. The van der Waals surface area contributed by atoms with Crippen molar-refractivity contribution in [3.05, 3.63) is 23.7 Å². The van der Waals surface area contributed by atoms with Crippen LogP contribution in [-0.2, 0) is 9.53 Å². The molecule has 0 saturated heterocycles. The van der Waals surface area contributed by atoms with E-state index in [1.807, 2.05) is 21.0 Å². The molecule has 0 unspecified atom stereocenters. The van der Waals surface area contributed by atoms with Crippen LogP contribution < -0.4 is 0 Å². The van der Waals surface area contributed by atoms with Gasteiger partial charge in [-0.15, -0.1) is 0 Å². The minimum atomic E-state index is -0.390. The summed E-state index contributed by atoms with van der Waals surface area (Å²) in [4.78, 5) is 13.3. The van der Waals surface area contributed by atoms with Crippen LogP contribution in [0.4, 0.5) is 0 Å². The molecule has 0 amide bonds. The Balaban J connectivity index is 3.00. The molecule has 0 N–H and O–H groups in total. The van der Waals surface area contributed by atoms with Crippen LogP contribution >= 0.6 is 0 Å². The topological polar surface area (TPSA) is 42.7 Å². The zero-order valence-corrected chi connectivity index (χ0v) is 8.90. The number of carbonyl (C=O) groups is 1. The van der Waals surface area contributed by atoms with Crippen molar-refractivity contribution in [3.8, 4) is 0 Å². The number of hydrogen-bond donors (Lipinski definition) is 0. The first-order chi connectivity index (χ1) is 6.57. The Morgan fingerprint density at radius 3 is 2.57 bits per heavy atom. The summed E-state index contributed by atoms with van der Waals surface area (Å²) in [6.45, 7) is 1.83. The van der Waals surface area contributed by atoms with Crippen molar-refractivity contribution in [1.29, 1.82) is 0 Å². The molecule has 1 rings (SSSR count). The average Bonchev–Trinajstić information content (AvgIpc) is 2.52. The summed E-state index contributed by atoms with van der Waals surface area (Å²) in [5.74, 6) is 0.466. The second-order valence-electron chi connectivity index (χ2n) is 3.32. The van der Waals surface area contributed by atoms with Crippen LogP contribution in [0.3, 0.4) is 0 Å². The fraction of sp³-hybridized carbons (Fsp3) is 0.500. The van der Waals surface area contributed by atoms with Gasteiger partial charge < -0.3 is 9.15 Å². The maximum atomic E-state index is 11.5. The molecule has 0 radical (unpaired) electrons. The molecule has 0 aromatic carbocycles. The standard InChI is InChI=1S/C10H15NO3/c1-7-8(5-6-14-7)9(11(2)3)10(12)13-4/h5-6,9H,1-4H3/t9-/m1/s1. The Kier molecular flexibility index (Phi) is 3.30. The van der Waals surface area contributed by atoms with Gasteiger partial charge in [0.05, 0.1) is 13.4 Å². The molecule has 1 aromatic heterocycles. The summed E-state index contributed by atoms with van der Waals surface area (Å²) in [5.41, 5.74) is 0.849. The van der Waals surface area contributed by atoms with Gasteiger partial charge >= 0.3 is 5.97 Å². The summed E-state index contributed by atoms with van der Waals surface area (Å²) >= 11 is 0. The summed E-state index contributed by atoms with van der Waals surface area (Å²) < 4.78 is 9.89. The molecular formula is C10H15NO3. The lowest BCUT2D eigenvalue weighted by Gasteiger charge is -2.21. The van der Waals surface area contributed by atoms with Crippen LogP contribution in [0.15, 0.2) is 16.7 Å². The Bertz CT molecular complexity index is 317. The van der Waals surface area contributed by atoms with Crippen molar-refractivity contribution in [1.82, 2.24) is 4.90 Å². The number of likely N-dealkylation sites (N-methyl/N-ethyl adjacent to an activating group) is 1. The minimum absolute atomic E-state index is 0.278. The zero-order chi connectivity index (χ0) is 10.7. The Morgan fingerprint density at radius 1 is 1.57 bits per heavy atom. The van der Waals surface area contributed by atoms with Crippen LogP contribution in [0.2, 0.25) is 0 Å². The zero-order valence-electron chi connectivity index (χ0n) is 8.90. The molecule has 14 heavy (non-hydrogen) atoms. The lowest BCUT2D eigenvalue weighted by Crippen LogP contribution is -2.28. The van der Waals surface area contributed by atoms with Crippen molar-refractivity contribution >= 4 is 5.97 Å². The lowest BCUT2D eigenvalue weighted by atomic mass is 10.1. The SMILES string of the molecule is COC(=O)[C@@H](c1ccoc1C)N(C)C. The number of ether oxygens (including phenoxy) is 1. The monoisotopic (exact) mass is 197 g/mol. The van der Waals surface area contributed by atoms with E-state index in [2.05, 4.69) is 0 Å².